The first-order chi connectivity index (χ1) is 9.40. The summed E-state index contributed by atoms with van der Waals surface area (Å²) < 4.78 is 0. The molecule has 1 aliphatic heterocycles. The summed E-state index contributed by atoms with van der Waals surface area (Å²) in [6.45, 7) is 11.5. The van der Waals surface area contributed by atoms with E-state index in [1.807, 2.05) is 0 Å². The van der Waals surface area contributed by atoms with Gasteiger partial charge in [-0.25, -0.2) is 0 Å². The number of aryl methyl sites for hydroxylation is 2. The Bertz CT molecular complexity index is 488. The number of rotatable bonds is 3. The van der Waals surface area contributed by atoms with Gasteiger partial charge in [-0.3, -0.25) is 9.69 Å². The molecule has 0 amide bonds. The maximum Gasteiger partial charge on any atom is 0.306 e. The molecule has 2 rings (SSSR count). The number of hydrogen-bond acceptors (Lipinski definition) is 2. The summed E-state index contributed by atoms with van der Waals surface area (Å²) >= 11 is 0. The van der Waals surface area contributed by atoms with Crippen LogP contribution >= 0.6 is 0 Å². The summed E-state index contributed by atoms with van der Waals surface area (Å²) in [5.74, 6) is -0.781. The predicted molar refractivity (Wildman–Crippen MR) is 81.0 cm³/mol. The number of piperidine rings is 1. The Kier molecular flexibility index (Phi) is 4.48. The normalized spacial score (nSPS) is 17.4. The SMILES string of the molecule is Cc1cc(C)c(C)c(CN2CCC(C(=O)O)CC2)c1C. The van der Waals surface area contributed by atoms with Crippen LogP contribution in [0.15, 0.2) is 6.07 Å². The van der Waals surface area contributed by atoms with Crippen LogP contribution in [0.4, 0.5) is 0 Å². The molecule has 3 heteroatoms. The van der Waals surface area contributed by atoms with Crippen LogP contribution in [0.3, 0.4) is 0 Å². The number of hydrogen-bond donors (Lipinski definition) is 1. The van der Waals surface area contributed by atoms with Gasteiger partial charge < -0.3 is 5.11 Å². The third-order valence-electron chi connectivity index (χ3n) is 4.84. The van der Waals surface area contributed by atoms with Crippen molar-refractivity contribution in [1.82, 2.24) is 4.90 Å². The number of nitrogens with zero attached hydrogens (tertiary/aromatic N) is 1. The Labute approximate surface area is 121 Å². The van der Waals surface area contributed by atoms with E-state index in [4.69, 9.17) is 5.11 Å². The van der Waals surface area contributed by atoms with Crippen LogP contribution in [-0.2, 0) is 11.3 Å². The Morgan fingerprint density at radius 3 is 2.10 bits per heavy atom. The lowest BCUT2D eigenvalue weighted by Crippen LogP contribution is -2.36. The van der Waals surface area contributed by atoms with Crippen molar-refractivity contribution in [2.75, 3.05) is 13.1 Å². The van der Waals surface area contributed by atoms with Crippen molar-refractivity contribution in [3.63, 3.8) is 0 Å². The average molecular weight is 275 g/mol. The molecule has 1 N–H and O–H groups in total. The Morgan fingerprint density at radius 1 is 1.15 bits per heavy atom. The van der Waals surface area contributed by atoms with Gasteiger partial charge in [-0.2, -0.15) is 0 Å². The van der Waals surface area contributed by atoms with Crippen molar-refractivity contribution < 1.29 is 9.90 Å². The quantitative estimate of drug-likeness (QED) is 0.921. The maximum absolute atomic E-state index is 11.0. The van der Waals surface area contributed by atoms with Gasteiger partial charge >= 0.3 is 5.97 Å². The van der Waals surface area contributed by atoms with E-state index in [0.717, 1.165) is 32.5 Å². The summed E-state index contributed by atoms with van der Waals surface area (Å²) in [4.78, 5) is 13.4. The smallest absolute Gasteiger partial charge is 0.306 e. The molecule has 0 unspecified atom stereocenters. The van der Waals surface area contributed by atoms with Gasteiger partial charge in [-0.1, -0.05) is 6.07 Å². The zero-order valence-electron chi connectivity index (χ0n) is 13.0. The monoisotopic (exact) mass is 275 g/mol. The summed E-state index contributed by atoms with van der Waals surface area (Å²) in [7, 11) is 0. The van der Waals surface area contributed by atoms with Crippen molar-refractivity contribution in [3.05, 3.63) is 33.9 Å². The first-order valence-electron chi connectivity index (χ1n) is 7.41. The number of carboxylic acids is 1. The fourth-order valence-electron chi connectivity index (χ4n) is 3.10. The van der Waals surface area contributed by atoms with Crippen molar-refractivity contribution in [2.45, 2.75) is 47.1 Å². The highest BCUT2D eigenvalue weighted by atomic mass is 16.4. The number of carboxylic acid groups (broad SMARTS) is 1. The molecule has 0 saturated carbocycles. The minimum Gasteiger partial charge on any atom is -0.481 e. The minimum absolute atomic E-state index is 0.146. The van der Waals surface area contributed by atoms with E-state index < -0.39 is 5.97 Å². The largest absolute Gasteiger partial charge is 0.481 e. The predicted octanol–water partition coefficient (Wildman–Crippen LogP) is 3.22. The summed E-state index contributed by atoms with van der Waals surface area (Å²) in [5, 5.41) is 9.06. The number of benzene rings is 1. The molecular formula is C17H25NO2. The van der Waals surface area contributed by atoms with Gasteiger partial charge in [0.1, 0.15) is 0 Å². The zero-order valence-corrected chi connectivity index (χ0v) is 13.0. The molecule has 0 aromatic heterocycles. The average Bonchev–Trinajstić information content (AvgIpc) is 2.42. The number of carbonyl (C=O) groups is 1. The molecule has 1 heterocycles. The molecule has 1 fully saturated rings. The Balaban J connectivity index is 2.10. The summed E-state index contributed by atoms with van der Waals surface area (Å²) in [5.41, 5.74) is 6.89. The topological polar surface area (TPSA) is 40.5 Å². The van der Waals surface area contributed by atoms with Gasteiger partial charge in [-0.15, -0.1) is 0 Å². The number of likely N-dealkylation sites (tertiary alicyclic amines) is 1. The second-order valence-corrected chi connectivity index (χ2v) is 6.13. The highest BCUT2D eigenvalue weighted by Crippen LogP contribution is 2.25. The van der Waals surface area contributed by atoms with E-state index in [0.29, 0.717) is 0 Å². The van der Waals surface area contributed by atoms with E-state index >= 15 is 0 Å². The third-order valence-corrected chi connectivity index (χ3v) is 4.84. The molecule has 0 atom stereocenters. The van der Waals surface area contributed by atoms with E-state index in [1.165, 1.54) is 27.8 Å². The maximum atomic E-state index is 11.0. The van der Waals surface area contributed by atoms with Crippen molar-refractivity contribution >= 4 is 5.97 Å². The Hall–Kier alpha value is -1.35. The molecule has 1 aromatic rings. The molecule has 1 saturated heterocycles. The second-order valence-electron chi connectivity index (χ2n) is 6.13. The van der Waals surface area contributed by atoms with E-state index in [1.54, 1.807) is 0 Å². The lowest BCUT2D eigenvalue weighted by atomic mass is 9.92. The Morgan fingerprint density at radius 2 is 1.65 bits per heavy atom. The lowest BCUT2D eigenvalue weighted by Gasteiger charge is -2.31. The minimum atomic E-state index is -0.636. The summed E-state index contributed by atoms with van der Waals surface area (Å²) in [6, 6.07) is 2.25. The van der Waals surface area contributed by atoms with Gasteiger partial charge in [0.2, 0.25) is 0 Å². The third kappa shape index (κ3) is 3.04. The van der Waals surface area contributed by atoms with Crippen LogP contribution in [0.2, 0.25) is 0 Å². The molecule has 110 valence electrons. The molecular weight excluding hydrogens is 250 g/mol. The van der Waals surface area contributed by atoms with Crippen molar-refractivity contribution in [2.24, 2.45) is 5.92 Å². The molecule has 1 aromatic carbocycles. The van der Waals surface area contributed by atoms with Crippen LogP contribution < -0.4 is 0 Å². The molecule has 20 heavy (non-hydrogen) atoms. The molecule has 1 aliphatic rings. The first-order valence-corrected chi connectivity index (χ1v) is 7.41. The van der Waals surface area contributed by atoms with Crippen LogP contribution in [0.5, 0.6) is 0 Å². The standard InChI is InChI=1S/C17H25NO2/c1-11-9-12(2)14(4)16(13(11)3)10-18-7-5-15(6-8-18)17(19)20/h9,15H,5-8,10H2,1-4H3,(H,19,20). The lowest BCUT2D eigenvalue weighted by molar-refractivity contribution is -0.143. The molecule has 0 aliphatic carbocycles. The highest BCUT2D eigenvalue weighted by Gasteiger charge is 2.25. The van der Waals surface area contributed by atoms with Crippen LogP contribution in [-0.4, -0.2) is 29.1 Å². The van der Waals surface area contributed by atoms with Gasteiger partial charge in [0.05, 0.1) is 5.92 Å². The van der Waals surface area contributed by atoms with Gasteiger partial charge in [0, 0.05) is 6.54 Å². The van der Waals surface area contributed by atoms with Gasteiger partial charge in [0.15, 0.2) is 0 Å². The van der Waals surface area contributed by atoms with Crippen molar-refractivity contribution in [1.29, 1.82) is 0 Å². The fourth-order valence-corrected chi connectivity index (χ4v) is 3.10. The van der Waals surface area contributed by atoms with E-state index in [2.05, 4.69) is 38.7 Å². The molecule has 0 radical (unpaired) electrons. The van der Waals surface area contributed by atoms with Crippen molar-refractivity contribution in [3.8, 4) is 0 Å². The molecule has 0 spiro atoms. The van der Waals surface area contributed by atoms with Gasteiger partial charge in [-0.05, 0) is 81.4 Å². The van der Waals surface area contributed by atoms with Crippen LogP contribution in [0.25, 0.3) is 0 Å². The summed E-state index contributed by atoms with van der Waals surface area (Å²) in [6.07, 6.45) is 1.55. The van der Waals surface area contributed by atoms with Gasteiger partial charge in [0.25, 0.3) is 0 Å². The van der Waals surface area contributed by atoms with E-state index in [9.17, 15) is 4.79 Å². The van der Waals surface area contributed by atoms with Crippen LogP contribution in [0.1, 0.15) is 40.7 Å². The first kappa shape index (κ1) is 15.0. The highest BCUT2D eigenvalue weighted by molar-refractivity contribution is 5.70. The second kappa shape index (κ2) is 5.96. The number of aliphatic carboxylic acids is 1. The molecule has 3 nitrogen and oxygen atoms in total. The van der Waals surface area contributed by atoms with Crippen LogP contribution in [0, 0.1) is 33.6 Å². The van der Waals surface area contributed by atoms with E-state index in [-0.39, 0.29) is 5.92 Å². The molecule has 0 bridgehead atoms. The fraction of sp³-hybridized carbons (Fsp3) is 0.588. The zero-order chi connectivity index (χ0) is 14.9.